The number of fused-ring (bicyclic) bond motifs is 1. The molecule has 8 heteroatoms. The van der Waals surface area contributed by atoms with Gasteiger partial charge in [0.05, 0.1) is 0 Å². The molecule has 0 radical (unpaired) electrons. The number of nitrogens with zero attached hydrogens (tertiary/aromatic N) is 5. The lowest BCUT2D eigenvalue weighted by atomic mass is 10.1. The topological polar surface area (TPSA) is 97.1 Å². The van der Waals surface area contributed by atoms with Gasteiger partial charge >= 0.3 is 0 Å². The molecule has 0 saturated heterocycles. The molecule has 0 aliphatic rings. The maximum Gasteiger partial charge on any atom is 0.254 e. The van der Waals surface area contributed by atoms with Crippen LogP contribution in [0, 0.1) is 12.8 Å². The number of anilines is 2. The van der Waals surface area contributed by atoms with Gasteiger partial charge in [-0.25, -0.2) is 4.98 Å². The van der Waals surface area contributed by atoms with Crippen molar-refractivity contribution in [3.05, 3.63) is 66.1 Å². The number of amides is 1. The average molecular weight is 401 g/mol. The molecule has 0 aliphatic carbocycles. The first-order chi connectivity index (χ1) is 14.5. The third-order valence-corrected chi connectivity index (χ3v) is 4.43. The largest absolute Gasteiger partial charge is 0.352 e. The Hall–Kier alpha value is -3.81. The molecule has 1 aromatic carbocycles. The molecule has 3 heterocycles. The van der Waals surface area contributed by atoms with Crippen LogP contribution in [0.4, 0.5) is 11.5 Å². The molecule has 3 aromatic heterocycles. The van der Waals surface area contributed by atoms with Crippen molar-refractivity contribution in [2.75, 3.05) is 11.9 Å². The fourth-order valence-electron chi connectivity index (χ4n) is 2.98. The summed E-state index contributed by atoms with van der Waals surface area (Å²) in [5.41, 5.74) is 2.99. The monoisotopic (exact) mass is 401 g/mol. The van der Waals surface area contributed by atoms with Crippen LogP contribution in [0.2, 0.25) is 0 Å². The van der Waals surface area contributed by atoms with Crippen molar-refractivity contribution in [3.63, 3.8) is 0 Å². The Labute approximate surface area is 174 Å². The summed E-state index contributed by atoms with van der Waals surface area (Å²) in [5, 5.41) is 10.9. The van der Waals surface area contributed by atoms with Crippen molar-refractivity contribution >= 4 is 23.2 Å². The van der Waals surface area contributed by atoms with E-state index in [1.807, 2.05) is 43.3 Å². The van der Waals surface area contributed by atoms with Gasteiger partial charge in [0, 0.05) is 47.5 Å². The zero-order chi connectivity index (χ0) is 21.1. The van der Waals surface area contributed by atoms with Crippen LogP contribution < -0.4 is 10.6 Å². The molecule has 4 rings (SSSR count). The van der Waals surface area contributed by atoms with Crippen LogP contribution in [0.5, 0.6) is 0 Å². The molecule has 30 heavy (non-hydrogen) atoms. The van der Waals surface area contributed by atoms with Gasteiger partial charge in [-0.05, 0) is 43.2 Å². The number of hydrogen-bond donors (Lipinski definition) is 2. The van der Waals surface area contributed by atoms with Crippen molar-refractivity contribution in [3.8, 4) is 11.4 Å². The molecule has 0 atom stereocenters. The van der Waals surface area contributed by atoms with Gasteiger partial charge < -0.3 is 10.6 Å². The molecule has 0 saturated carbocycles. The van der Waals surface area contributed by atoms with Crippen LogP contribution in [0.25, 0.3) is 17.2 Å². The van der Waals surface area contributed by atoms with E-state index in [4.69, 9.17) is 0 Å². The van der Waals surface area contributed by atoms with Crippen LogP contribution in [-0.4, -0.2) is 37.0 Å². The molecule has 2 N–H and O–H groups in total. The highest BCUT2D eigenvalue weighted by Gasteiger charge is 2.13. The minimum Gasteiger partial charge on any atom is -0.352 e. The van der Waals surface area contributed by atoms with Crippen LogP contribution in [0.15, 0.2) is 54.9 Å². The number of rotatable bonds is 6. The second-order valence-corrected chi connectivity index (χ2v) is 7.48. The lowest BCUT2D eigenvalue weighted by Gasteiger charge is -2.11. The summed E-state index contributed by atoms with van der Waals surface area (Å²) in [5.74, 6) is 2.04. The first-order valence-corrected chi connectivity index (χ1v) is 9.80. The predicted octanol–water partition coefficient (Wildman–Crippen LogP) is 3.62. The highest BCUT2D eigenvalue weighted by Crippen LogP contribution is 2.21. The fraction of sp³-hybridized carbons (Fsp3) is 0.227. The number of carbonyl (C=O) groups is 1. The fourth-order valence-corrected chi connectivity index (χ4v) is 2.98. The van der Waals surface area contributed by atoms with Crippen LogP contribution in [0.1, 0.15) is 29.9 Å². The molecule has 0 aliphatic heterocycles. The molecule has 0 fully saturated rings. The zero-order valence-corrected chi connectivity index (χ0v) is 17.1. The van der Waals surface area contributed by atoms with Crippen molar-refractivity contribution in [1.29, 1.82) is 0 Å². The number of pyridine rings is 1. The Morgan fingerprint density at radius 2 is 2.00 bits per heavy atom. The summed E-state index contributed by atoms with van der Waals surface area (Å²) >= 11 is 0. The van der Waals surface area contributed by atoms with Crippen LogP contribution in [-0.2, 0) is 0 Å². The molecule has 4 aromatic rings. The smallest absolute Gasteiger partial charge is 0.254 e. The van der Waals surface area contributed by atoms with E-state index in [1.54, 1.807) is 23.0 Å². The van der Waals surface area contributed by atoms with Gasteiger partial charge in [0.25, 0.3) is 11.7 Å². The standard InChI is InChI=1S/C22H23N7O/c1-14(2)12-24-21(30)16-6-4-8-18(11-16)26-19-10-15(3)25-22-27-20(28-29(19)22)17-7-5-9-23-13-17/h4-11,13-14,26H,12H2,1-3H3,(H,24,30). The second-order valence-electron chi connectivity index (χ2n) is 7.48. The van der Waals surface area contributed by atoms with E-state index in [0.29, 0.717) is 35.4 Å². The quantitative estimate of drug-likeness (QED) is 0.512. The minimum atomic E-state index is -0.0944. The van der Waals surface area contributed by atoms with Crippen molar-refractivity contribution in [1.82, 2.24) is 29.9 Å². The maximum atomic E-state index is 12.4. The second kappa shape index (κ2) is 8.28. The summed E-state index contributed by atoms with van der Waals surface area (Å²) < 4.78 is 1.65. The van der Waals surface area contributed by atoms with E-state index in [0.717, 1.165) is 16.9 Å². The summed E-state index contributed by atoms with van der Waals surface area (Å²) in [4.78, 5) is 25.5. The average Bonchev–Trinajstić information content (AvgIpc) is 3.17. The number of benzene rings is 1. The molecular formula is C22H23N7O. The maximum absolute atomic E-state index is 12.4. The van der Waals surface area contributed by atoms with Crippen LogP contribution in [0.3, 0.4) is 0 Å². The molecule has 8 nitrogen and oxygen atoms in total. The number of carbonyl (C=O) groups excluding carboxylic acids is 1. The van der Waals surface area contributed by atoms with Gasteiger partial charge in [0.2, 0.25) is 0 Å². The minimum absolute atomic E-state index is 0.0944. The van der Waals surface area contributed by atoms with Gasteiger partial charge in [-0.1, -0.05) is 19.9 Å². The Balaban J connectivity index is 1.65. The molecular weight excluding hydrogens is 378 g/mol. The van der Waals surface area contributed by atoms with E-state index in [1.165, 1.54) is 0 Å². The summed E-state index contributed by atoms with van der Waals surface area (Å²) in [6, 6.07) is 13.0. The first-order valence-electron chi connectivity index (χ1n) is 9.80. The van der Waals surface area contributed by atoms with E-state index in [2.05, 4.69) is 44.5 Å². The van der Waals surface area contributed by atoms with Crippen molar-refractivity contribution in [2.45, 2.75) is 20.8 Å². The third kappa shape index (κ3) is 4.27. The van der Waals surface area contributed by atoms with Gasteiger partial charge in [-0.15, -0.1) is 5.10 Å². The van der Waals surface area contributed by atoms with Crippen LogP contribution >= 0.6 is 0 Å². The lowest BCUT2D eigenvalue weighted by Crippen LogP contribution is -2.27. The Morgan fingerprint density at radius 1 is 1.13 bits per heavy atom. The van der Waals surface area contributed by atoms with Gasteiger partial charge in [0.15, 0.2) is 5.82 Å². The number of aromatic nitrogens is 5. The Morgan fingerprint density at radius 3 is 2.77 bits per heavy atom. The summed E-state index contributed by atoms with van der Waals surface area (Å²) in [7, 11) is 0. The van der Waals surface area contributed by atoms with E-state index in [-0.39, 0.29) is 5.91 Å². The van der Waals surface area contributed by atoms with E-state index < -0.39 is 0 Å². The predicted molar refractivity (Wildman–Crippen MR) is 116 cm³/mol. The van der Waals surface area contributed by atoms with E-state index in [9.17, 15) is 4.79 Å². The lowest BCUT2D eigenvalue weighted by molar-refractivity contribution is 0.0949. The Kier molecular flexibility index (Phi) is 5.38. The molecule has 0 bridgehead atoms. The normalized spacial score (nSPS) is 11.1. The summed E-state index contributed by atoms with van der Waals surface area (Å²) in [6.45, 7) is 6.66. The summed E-state index contributed by atoms with van der Waals surface area (Å²) in [6.07, 6.45) is 3.42. The highest BCUT2D eigenvalue weighted by molar-refractivity contribution is 5.95. The molecule has 152 valence electrons. The number of aryl methyl sites for hydroxylation is 1. The molecule has 0 unspecified atom stereocenters. The van der Waals surface area contributed by atoms with Crippen molar-refractivity contribution in [2.24, 2.45) is 5.92 Å². The highest BCUT2D eigenvalue weighted by atomic mass is 16.1. The number of hydrogen-bond acceptors (Lipinski definition) is 6. The molecule has 0 spiro atoms. The third-order valence-electron chi connectivity index (χ3n) is 4.43. The zero-order valence-electron chi connectivity index (χ0n) is 17.1. The van der Waals surface area contributed by atoms with Gasteiger partial charge in [-0.2, -0.15) is 9.50 Å². The molecule has 1 amide bonds. The van der Waals surface area contributed by atoms with Gasteiger partial charge in [0.1, 0.15) is 5.82 Å². The first kappa shape index (κ1) is 19.5. The van der Waals surface area contributed by atoms with Gasteiger partial charge in [-0.3, -0.25) is 9.78 Å². The number of nitrogens with one attached hydrogen (secondary N) is 2. The SMILES string of the molecule is Cc1cc(Nc2cccc(C(=O)NCC(C)C)c2)n2nc(-c3cccnc3)nc2n1. The van der Waals surface area contributed by atoms with Crippen molar-refractivity contribution < 1.29 is 4.79 Å². The Bertz CT molecular complexity index is 1180. The van der Waals surface area contributed by atoms with E-state index >= 15 is 0 Å².